The van der Waals surface area contributed by atoms with E-state index in [1.54, 1.807) is 18.4 Å². The van der Waals surface area contributed by atoms with Crippen molar-refractivity contribution in [2.24, 2.45) is 5.73 Å². The number of thiazole rings is 1. The van der Waals surface area contributed by atoms with E-state index in [0.29, 0.717) is 6.54 Å². The highest BCUT2D eigenvalue weighted by molar-refractivity contribution is 7.16. The fraction of sp³-hybridized carbons (Fsp3) is 0.727. The molecule has 0 spiro atoms. The first kappa shape index (κ1) is 11.7. The van der Waals surface area contributed by atoms with E-state index in [1.807, 2.05) is 19.0 Å². The van der Waals surface area contributed by atoms with Crippen molar-refractivity contribution in [3.63, 3.8) is 0 Å². The van der Waals surface area contributed by atoms with Crippen LogP contribution in [0.5, 0.6) is 5.88 Å². The highest BCUT2D eigenvalue weighted by atomic mass is 32.1. The molecule has 90 valence electrons. The van der Waals surface area contributed by atoms with Crippen molar-refractivity contribution in [3.05, 3.63) is 4.88 Å². The van der Waals surface area contributed by atoms with Gasteiger partial charge in [0.15, 0.2) is 5.13 Å². The Balaban J connectivity index is 2.38. The van der Waals surface area contributed by atoms with E-state index in [-0.39, 0.29) is 5.41 Å². The maximum Gasteiger partial charge on any atom is 0.230 e. The molecular formula is C11H19N3OS. The van der Waals surface area contributed by atoms with Crippen LogP contribution in [0.4, 0.5) is 5.13 Å². The van der Waals surface area contributed by atoms with Crippen molar-refractivity contribution in [3.8, 4) is 5.88 Å². The molecule has 0 unspecified atom stereocenters. The van der Waals surface area contributed by atoms with Crippen LogP contribution >= 0.6 is 11.3 Å². The maximum atomic E-state index is 5.92. The molecule has 1 saturated carbocycles. The second-order valence-corrected chi connectivity index (χ2v) is 5.54. The number of methoxy groups -OCH3 is 1. The van der Waals surface area contributed by atoms with Crippen LogP contribution in [0, 0.1) is 0 Å². The zero-order valence-electron chi connectivity index (χ0n) is 10.1. The predicted molar refractivity (Wildman–Crippen MR) is 67.6 cm³/mol. The fourth-order valence-corrected chi connectivity index (χ4v) is 3.30. The second kappa shape index (κ2) is 4.22. The molecule has 2 N–H and O–H groups in total. The standard InChI is InChI=1S/C11H19N3OS/c1-14(2)10-13-9(15-3)8(16-10)11(7-12)5-4-6-11/h4-7,12H2,1-3H3. The lowest BCUT2D eigenvalue weighted by Gasteiger charge is -2.40. The molecule has 16 heavy (non-hydrogen) atoms. The van der Waals surface area contributed by atoms with Crippen LogP contribution in [0.1, 0.15) is 24.1 Å². The molecule has 1 fully saturated rings. The lowest BCUT2D eigenvalue weighted by Crippen LogP contribution is -2.41. The molecule has 1 heterocycles. The number of anilines is 1. The van der Waals surface area contributed by atoms with Gasteiger partial charge in [-0.2, -0.15) is 4.98 Å². The summed E-state index contributed by atoms with van der Waals surface area (Å²) >= 11 is 1.71. The second-order valence-electron chi connectivity index (χ2n) is 4.57. The summed E-state index contributed by atoms with van der Waals surface area (Å²) < 4.78 is 5.38. The molecule has 0 bridgehead atoms. The Hall–Kier alpha value is -0.810. The predicted octanol–water partition coefficient (Wildman–Crippen LogP) is 1.60. The smallest absolute Gasteiger partial charge is 0.230 e. The van der Waals surface area contributed by atoms with Gasteiger partial charge in [-0.3, -0.25) is 0 Å². The monoisotopic (exact) mass is 241 g/mol. The lowest BCUT2D eigenvalue weighted by atomic mass is 9.68. The van der Waals surface area contributed by atoms with E-state index >= 15 is 0 Å². The third-order valence-electron chi connectivity index (χ3n) is 3.34. The third-order valence-corrected chi connectivity index (χ3v) is 4.79. The van der Waals surface area contributed by atoms with Gasteiger partial charge in [0.2, 0.25) is 5.88 Å². The van der Waals surface area contributed by atoms with Gasteiger partial charge in [-0.15, -0.1) is 0 Å². The van der Waals surface area contributed by atoms with Gasteiger partial charge < -0.3 is 15.4 Å². The topological polar surface area (TPSA) is 51.4 Å². The highest BCUT2D eigenvalue weighted by Crippen LogP contribution is 2.50. The molecule has 5 heteroatoms. The third kappa shape index (κ3) is 1.68. The van der Waals surface area contributed by atoms with Crippen LogP contribution in [0.2, 0.25) is 0 Å². The quantitative estimate of drug-likeness (QED) is 0.870. The summed E-state index contributed by atoms with van der Waals surface area (Å²) in [5.41, 5.74) is 6.06. The van der Waals surface area contributed by atoms with Crippen LogP contribution in [-0.2, 0) is 5.41 Å². The Morgan fingerprint density at radius 2 is 2.19 bits per heavy atom. The molecule has 2 rings (SSSR count). The van der Waals surface area contributed by atoms with Crippen LogP contribution in [0.15, 0.2) is 0 Å². The van der Waals surface area contributed by atoms with Gasteiger partial charge in [0.1, 0.15) is 0 Å². The van der Waals surface area contributed by atoms with Crippen molar-refractivity contribution in [1.82, 2.24) is 4.98 Å². The Bertz CT molecular complexity index is 366. The normalized spacial score (nSPS) is 18.0. The minimum atomic E-state index is 0.136. The van der Waals surface area contributed by atoms with E-state index in [1.165, 1.54) is 11.3 Å². The van der Waals surface area contributed by atoms with Crippen LogP contribution in [-0.4, -0.2) is 32.7 Å². The van der Waals surface area contributed by atoms with Crippen LogP contribution < -0.4 is 15.4 Å². The summed E-state index contributed by atoms with van der Waals surface area (Å²) in [5.74, 6) is 0.763. The van der Waals surface area contributed by atoms with Gasteiger partial charge in [0.25, 0.3) is 0 Å². The molecule has 1 aliphatic carbocycles. The first-order valence-corrected chi connectivity index (χ1v) is 6.37. The zero-order chi connectivity index (χ0) is 11.8. The molecular weight excluding hydrogens is 222 g/mol. The zero-order valence-corrected chi connectivity index (χ0v) is 10.9. The average molecular weight is 241 g/mol. The minimum Gasteiger partial charge on any atom is -0.480 e. The maximum absolute atomic E-state index is 5.92. The Morgan fingerprint density at radius 1 is 1.50 bits per heavy atom. The number of rotatable bonds is 4. The fourth-order valence-electron chi connectivity index (χ4n) is 2.09. The Kier molecular flexibility index (Phi) is 3.08. The largest absolute Gasteiger partial charge is 0.480 e. The van der Waals surface area contributed by atoms with Gasteiger partial charge in [-0.1, -0.05) is 17.8 Å². The van der Waals surface area contributed by atoms with E-state index in [9.17, 15) is 0 Å². The molecule has 0 aromatic carbocycles. The first-order valence-electron chi connectivity index (χ1n) is 5.55. The molecule has 4 nitrogen and oxygen atoms in total. The van der Waals surface area contributed by atoms with Crippen molar-refractivity contribution < 1.29 is 4.74 Å². The van der Waals surface area contributed by atoms with Crippen molar-refractivity contribution in [1.29, 1.82) is 0 Å². The molecule has 0 saturated heterocycles. The highest BCUT2D eigenvalue weighted by Gasteiger charge is 2.42. The van der Waals surface area contributed by atoms with E-state index in [2.05, 4.69) is 4.98 Å². The summed E-state index contributed by atoms with van der Waals surface area (Å²) in [6.07, 6.45) is 3.58. The summed E-state index contributed by atoms with van der Waals surface area (Å²) in [6, 6.07) is 0. The van der Waals surface area contributed by atoms with E-state index in [4.69, 9.17) is 10.5 Å². The number of ether oxygens (including phenoxy) is 1. The van der Waals surface area contributed by atoms with Crippen LogP contribution in [0.25, 0.3) is 0 Å². The summed E-state index contributed by atoms with van der Waals surface area (Å²) in [4.78, 5) is 7.73. The molecule has 1 aliphatic rings. The number of aromatic nitrogens is 1. The molecule has 0 aliphatic heterocycles. The molecule has 0 amide bonds. The van der Waals surface area contributed by atoms with Crippen molar-refractivity contribution >= 4 is 16.5 Å². The number of nitrogens with zero attached hydrogens (tertiary/aromatic N) is 2. The van der Waals surface area contributed by atoms with Gasteiger partial charge in [0.05, 0.1) is 12.0 Å². The Morgan fingerprint density at radius 3 is 2.56 bits per heavy atom. The van der Waals surface area contributed by atoms with Gasteiger partial charge >= 0.3 is 0 Å². The van der Waals surface area contributed by atoms with Crippen molar-refractivity contribution in [2.75, 3.05) is 32.6 Å². The van der Waals surface area contributed by atoms with Crippen molar-refractivity contribution in [2.45, 2.75) is 24.7 Å². The molecule has 0 atom stereocenters. The average Bonchev–Trinajstić information content (AvgIpc) is 2.62. The first-order chi connectivity index (χ1) is 7.63. The lowest BCUT2D eigenvalue weighted by molar-refractivity contribution is 0.248. The summed E-state index contributed by atoms with van der Waals surface area (Å²) in [7, 11) is 5.68. The SMILES string of the molecule is COc1nc(N(C)C)sc1C1(CN)CCC1. The minimum absolute atomic E-state index is 0.136. The Labute approximate surface area is 100 Å². The molecule has 1 aromatic rings. The molecule has 1 aromatic heterocycles. The summed E-state index contributed by atoms with van der Waals surface area (Å²) in [5, 5.41) is 0.992. The number of hydrogen-bond donors (Lipinski definition) is 1. The van der Waals surface area contributed by atoms with E-state index in [0.717, 1.165) is 23.9 Å². The van der Waals surface area contributed by atoms with Gasteiger partial charge in [-0.05, 0) is 12.8 Å². The number of hydrogen-bond acceptors (Lipinski definition) is 5. The summed E-state index contributed by atoms with van der Waals surface area (Å²) in [6.45, 7) is 0.693. The number of nitrogens with two attached hydrogens (primary N) is 1. The van der Waals surface area contributed by atoms with Gasteiger partial charge in [-0.25, -0.2) is 0 Å². The van der Waals surface area contributed by atoms with E-state index < -0.39 is 0 Å². The molecule has 0 radical (unpaired) electrons. The van der Waals surface area contributed by atoms with Crippen LogP contribution in [0.3, 0.4) is 0 Å². The van der Waals surface area contributed by atoms with Gasteiger partial charge in [0, 0.05) is 26.1 Å².